The Balaban J connectivity index is 1.82. The van der Waals surface area contributed by atoms with Crippen LogP contribution < -0.4 is 20.1 Å². The van der Waals surface area contributed by atoms with Gasteiger partial charge in [-0.3, -0.25) is 14.6 Å². The summed E-state index contributed by atoms with van der Waals surface area (Å²) in [5, 5.41) is 5.44. The predicted octanol–water partition coefficient (Wildman–Crippen LogP) is 3.67. The smallest absolute Gasteiger partial charge is 0.255 e. The fourth-order valence-electron chi connectivity index (χ4n) is 3.07. The topological polar surface area (TPSA) is 126 Å². The zero-order valence-corrected chi connectivity index (χ0v) is 20.1. The lowest BCUT2D eigenvalue weighted by molar-refractivity contribution is 0.101. The van der Waals surface area contributed by atoms with Gasteiger partial charge in [0.1, 0.15) is 10.6 Å². The van der Waals surface area contributed by atoms with E-state index in [9.17, 15) is 18.0 Å². The number of carbonyl (C=O) groups is 2. The van der Waals surface area contributed by atoms with Crippen molar-refractivity contribution < 1.29 is 22.7 Å². The van der Waals surface area contributed by atoms with Crippen molar-refractivity contribution >= 4 is 33.2 Å². The van der Waals surface area contributed by atoms with Crippen LogP contribution in [0.5, 0.6) is 5.75 Å². The number of nitrogens with zero attached hydrogens (tertiary/aromatic N) is 1. The molecular formula is C24H26N4O5S. The molecule has 1 heterocycles. The number of benzene rings is 2. The second-order valence-corrected chi connectivity index (χ2v) is 10.1. The van der Waals surface area contributed by atoms with E-state index in [4.69, 9.17) is 4.74 Å². The third-order valence-corrected chi connectivity index (χ3v) is 6.26. The van der Waals surface area contributed by atoms with Crippen molar-refractivity contribution in [2.75, 3.05) is 17.7 Å². The predicted molar refractivity (Wildman–Crippen MR) is 130 cm³/mol. The molecule has 2 aromatic carbocycles. The molecule has 3 rings (SSSR count). The van der Waals surface area contributed by atoms with Crippen LogP contribution in [0, 0.1) is 0 Å². The van der Waals surface area contributed by atoms with E-state index in [-0.39, 0.29) is 22.1 Å². The molecule has 0 atom stereocenters. The SMILES string of the molecule is COc1ccc(C(=O)Nc2cccc(C(=O)Nc3ccncc3)c2)cc1S(=O)(=O)NC(C)(C)C. The number of nitrogens with one attached hydrogen (secondary N) is 3. The molecular weight excluding hydrogens is 456 g/mol. The molecule has 34 heavy (non-hydrogen) atoms. The molecule has 0 aliphatic rings. The quantitative estimate of drug-likeness (QED) is 0.472. The van der Waals surface area contributed by atoms with Gasteiger partial charge in [0.15, 0.2) is 0 Å². The fraction of sp³-hybridized carbons (Fsp3) is 0.208. The maximum atomic E-state index is 12.9. The van der Waals surface area contributed by atoms with Crippen LogP contribution in [0.1, 0.15) is 41.5 Å². The molecule has 0 radical (unpaired) electrons. The van der Waals surface area contributed by atoms with Crippen molar-refractivity contribution in [2.45, 2.75) is 31.2 Å². The number of methoxy groups -OCH3 is 1. The zero-order valence-electron chi connectivity index (χ0n) is 19.2. The number of ether oxygens (including phenoxy) is 1. The van der Waals surface area contributed by atoms with Crippen LogP contribution in [-0.2, 0) is 10.0 Å². The van der Waals surface area contributed by atoms with Crippen LogP contribution in [0.25, 0.3) is 0 Å². The van der Waals surface area contributed by atoms with Crippen molar-refractivity contribution in [3.8, 4) is 5.75 Å². The van der Waals surface area contributed by atoms with Crippen LogP contribution in [0.15, 0.2) is 71.9 Å². The Morgan fingerprint density at radius 2 is 1.47 bits per heavy atom. The largest absolute Gasteiger partial charge is 0.495 e. The summed E-state index contributed by atoms with van der Waals surface area (Å²) in [7, 11) is -2.59. The van der Waals surface area contributed by atoms with Gasteiger partial charge in [-0.15, -0.1) is 0 Å². The first-order valence-electron chi connectivity index (χ1n) is 10.3. The Morgan fingerprint density at radius 1 is 0.853 bits per heavy atom. The van der Waals surface area contributed by atoms with Gasteiger partial charge in [0.2, 0.25) is 10.0 Å². The molecule has 10 heteroatoms. The molecule has 0 unspecified atom stereocenters. The Bertz CT molecular complexity index is 1300. The first-order chi connectivity index (χ1) is 16.0. The van der Waals surface area contributed by atoms with Crippen molar-refractivity contribution in [2.24, 2.45) is 0 Å². The molecule has 1 aromatic heterocycles. The van der Waals surface area contributed by atoms with Crippen LogP contribution in [0.3, 0.4) is 0 Å². The minimum Gasteiger partial charge on any atom is -0.495 e. The Morgan fingerprint density at radius 3 is 2.09 bits per heavy atom. The molecule has 0 fully saturated rings. The minimum absolute atomic E-state index is 0.113. The summed E-state index contributed by atoms with van der Waals surface area (Å²) in [5.41, 5.74) is 0.689. The van der Waals surface area contributed by atoms with E-state index in [0.29, 0.717) is 16.9 Å². The number of pyridine rings is 1. The van der Waals surface area contributed by atoms with Gasteiger partial charge in [0.05, 0.1) is 7.11 Å². The molecule has 178 valence electrons. The molecule has 3 aromatic rings. The van der Waals surface area contributed by atoms with Crippen LogP contribution in [0.4, 0.5) is 11.4 Å². The molecule has 0 aliphatic carbocycles. The van der Waals surface area contributed by atoms with E-state index in [1.54, 1.807) is 63.5 Å². The number of rotatable bonds is 7. The lowest BCUT2D eigenvalue weighted by atomic mass is 10.1. The van der Waals surface area contributed by atoms with Gasteiger partial charge in [-0.2, -0.15) is 0 Å². The molecule has 0 saturated heterocycles. The fourth-order valence-corrected chi connectivity index (χ4v) is 4.68. The minimum atomic E-state index is -3.95. The van der Waals surface area contributed by atoms with E-state index in [2.05, 4.69) is 20.3 Å². The highest BCUT2D eigenvalue weighted by Gasteiger charge is 2.26. The highest BCUT2D eigenvalue weighted by molar-refractivity contribution is 7.89. The van der Waals surface area contributed by atoms with E-state index in [1.807, 2.05) is 0 Å². The van der Waals surface area contributed by atoms with Gasteiger partial charge in [-0.1, -0.05) is 6.07 Å². The average molecular weight is 483 g/mol. The number of aromatic nitrogens is 1. The second kappa shape index (κ2) is 10.0. The number of sulfonamides is 1. The molecule has 3 N–H and O–H groups in total. The zero-order chi connectivity index (χ0) is 24.9. The van der Waals surface area contributed by atoms with Crippen LogP contribution in [-0.4, -0.2) is 37.9 Å². The summed E-state index contributed by atoms with van der Waals surface area (Å²) >= 11 is 0. The molecule has 2 amide bonds. The lowest BCUT2D eigenvalue weighted by Crippen LogP contribution is -2.40. The highest BCUT2D eigenvalue weighted by atomic mass is 32.2. The van der Waals surface area contributed by atoms with E-state index in [1.165, 1.54) is 31.4 Å². The van der Waals surface area contributed by atoms with E-state index >= 15 is 0 Å². The summed E-state index contributed by atoms with van der Waals surface area (Å²) in [6.07, 6.45) is 3.12. The van der Waals surface area contributed by atoms with Crippen LogP contribution >= 0.6 is 0 Å². The Hall–Kier alpha value is -3.76. The Labute approximate surface area is 198 Å². The van der Waals surface area contributed by atoms with Gasteiger partial charge in [0.25, 0.3) is 11.8 Å². The highest BCUT2D eigenvalue weighted by Crippen LogP contribution is 2.26. The van der Waals surface area contributed by atoms with E-state index < -0.39 is 21.5 Å². The molecule has 9 nitrogen and oxygen atoms in total. The second-order valence-electron chi connectivity index (χ2n) is 8.45. The van der Waals surface area contributed by atoms with Crippen LogP contribution in [0.2, 0.25) is 0 Å². The molecule has 0 spiro atoms. The number of anilines is 2. The van der Waals surface area contributed by atoms with Gasteiger partial charge in [0, 0.05) is 40.4 Å². The van der Waals surface area contributed by atoms with E-state index in [0.717, 1.165) is 0 Å². The molecule has 0 saturated carbocycles. The van der Waals surface area contributed by atoms with Crippen molar-refractivity contribution in [3.63, 3.8) is 0 Å². The summed E-state index contributed by atoms with van der Waals surface area (Å²) < 4.78 is 33.5. The first-order valence-corrected chi connectivity index (χ1v) is 11.8. The third-order valence-electron chi connectivity index (χ3n) is 4.48. The standard InChI is InChI=1S/C24H26N4O5S/c1-24(2,3)28-34(31,32)21-15-17(8-9-20(21)33-4)23(30)27-19-7-5-6-16(14-19)22(29)26-18-10-12-25-13-11-18/h5-15,28H,1-4H3,(H,27,30)(H,25,26,29). The third kappa shape index (κ3) is 6.40. The maximum absolute atomic E-state index is 12.9. The number of hydrogen-bond acceptors (Lipinski definition) is 6. The number of amides is 2. The average Bonchev–Trinajstić information content (AvgIpc) is 2.78. The van der Waals surface area contributed by atoms with Crippen molar-refractivity contribution in [3.05, 3.63) is 78.1 Å². The van der Waals surface area contributed by atoms with Crippen molar-refractivity contribution in [1.29, 1.82) is 0 Å². The van der Waals surface area contributed by atoms with Gasteiger partial charge in [-0.25, -0.2) is 13.1 Å². The Kier molecular flexibility index (Phi) is 7.33. The van der Waals surface area contributed by atoms with Crippen molar-refractivity contribution in [1.82, 2.24) is 9.71 Å². The number of carbonyl (C=O) groups excluding carboxylic acids is 2. The van der Waals surface area contributed by atoms with Gasteiger partial charge in [-0.05, 0) is 69.3 Å². The summed E-state index contributed by atoms with van der Waals surface area (Å²) in [5.74, 6) is -0.780. The summed E-state index contributed by atoms with van der Waals surface area (Å²) in [6, 6.07) is 13.9. The number of hydrogen-bond donors (Lipinski definition) is 3. The lowest BCUT2D eigenvalue weighted by Gasteiger charge is -2.21. The normalized spacial score (nSPS) is 11.5. The van der Waals surface area contributed by atoms with Gasteiger partial charge < -0.3 is 15.4 Å². The monoisotopic (exact) mass is 482 g/mol. The maximum Gasteiger partial charge on any atom is 0.255 e. The summed E-state index contributed by atoms with van der Waals surface area (Å²) in [4.78, 5) is 29.2. The first kappa shape index (κ1) is 24.9. The van der Waals surface area contributed by atoms with Gasteiger partial charge >= 0.3 is 0 Å². The molecule has 0 aliphatic heterocycles. The summed E-state index contributed by atoms with van der Waals surface area (Å²) in [6.45, 7) is 5.14. The molecule has 0 bridgehead atoms.